The zero-order chi connectivity index (χ0) is 20.3. The van der Waals surface area contributed by atoms with Crippen molar-refractivity contribution < 1.29 is 14.3 Å². The Labute approximate surface area is 170 Å². The van der Waals surface area contributed by atoms with Crippen LogP contribution in [-0.2, 0) is 0 Å². The van der Waals surface area contributed by atoms with Crippen LogP contribution in [0.15, 0.2) is 78.2 Å². The number of benzene rings is 2. The number of aryl methyl sites for hydroxylation is 1. The molecule has 1 heterocycles. The number of aromatic nitrogens is 1. The van der Waals surface area contributed by atoms with Crippen LogP contribution in [0.1, 0.15) is 27.9 Å². The molecule has 0 spiro atoms. The molecular weight excluding hydrogens is 366 g/mol. The van der Waals surface area contributed by atoms with E-state index in [2.05, 4.69) is 15.5 Å². The smallest absolute Gasteiger partial charge is 0.271 e. The molecule has 6 nitrogen and oxygen atoms in total. The fourth-order valence-corrected chi connectivity index (χ4v) is 2.59. The van der Waals surface area contributed by atoms with Gasteiger partial charge in [-0.1, -0.05) is 30.3 Å². The zero-order valence-electron chi connectivity index (χ0n) is 16.2. The highest BCUT2D eigenvalue weighted by Crippen LogP contribution is 2.18. The molecule has 0 bridgehead atoms. The predicted molar refractivity (Wildman–Crippen MR) is 113 cm³/mol. The summed E-state index contributed by atoms with van der Waals surface area (Å²) in [5.41, 5.74) is 4.89. The number of carbonyl (C=O) groups is 1. The fourth-order valence-electron chi connectivity index (χ4n) is 2.59. The molecule has 0 unspecified atom stereocenters. The van der Waals surface area contributed by atoms with Gasteiger partial charge in [0.05, 0.1) is 19.4 Å². The van der Waals surface area contributed by atoms with Gasteiger partial charge in [-0.3, -0.25) is 9.78 Å². The lowest BCUT2D eigenvalue weighted by Gasteiger charge is -2.11. The van der Waals surface area contributed by atoms with Crippen LogP contribution < -0.4 is 14.9 Å². The van der Waals surface area contributed by atoms with E-state index >= 15 is 0 Å². The number of nitrogens with zero attached hydrogens (tertiary/aromatic N) is 2. The van der Waals surface area contributed by atoms with Crippen molar-refractivity contribution >= 4 is 12.1 Å². The quantitative estimate of drug-likeness (QED) is 0.341. The van der Waals surface area contributed by atoms with Crippen LogP contribution in [0.3, 0.4) is 0 Å². The Morgan fingerprint density at radius 2 is 1.62 bits per heavy atom. The van der Waals surface area contributed by atoms with Gasteiger partial charge in [-0.15, -0.1) is 0 Å². The van der Waals surface area contributed by atoms with Crippen LogP contribution in [0.5, 0.6) is 11.5 Å². The minimum atomic E-state index is -0.296. The monoisotopic (exact) mass is 389 g/mol. The predicted octanol–water partition coefficient (Wildman–Crippen LogP) is 4.00. The molecule has 29 heavy (non-hydrogen) atoms. The fraction of sp³-hybridized carbons (Fsp3) is 0.174. The Bertz CT molecular complexity index is 958. The number of carbonyl (C=O) groups excluding carboxylic acids is 1. The summed E-state index contributed by atoms with van der Waals surface area (Å²) in [4.78, 5) is 15.9. The molecule has 148 valence electrons. The van der Waals surface area contributed by atoms with Gasteiger partial charge in [0, 0.05) is 29.9 Å². The number of hydrazone groups is 1. The minimum absolute atomic E-state index is 0.296. The average Bonchev–Trinajstić information content (AvgIpc) is 2.76. The van der Waals surface area contributed by atoms with Gasteiger partial charge in [0.1, 0.15) is 11.5 Å². The SMILES string of the molecule is Cc1ccccc1OCCCOc1ccccc1/C=N/NC(=O)c1ccncc1. The van der Waals surface area contributed by atoms with E-state index < -0.39 is 0 Å². The van der Waals surface area contributed by atoms with Crippen molar-refractivity contribution in [3.63, 3.8) is 0 Å². The van der Waals surface area contributed by atoms with Crippen molar-refractivity contribution in [3.8, 4) is 11.5 Å². The van der Waals surface area contributed by atoms with Crippen molar-refractivity contribution in [2.75, 3.05) is 13.2 Å². The summed E-state index contributed by atoms with van der Waals surface area (Å²) in [6.45, 7) is 3.11. The molecule has 1 N–H and O–H groups in total. The normalized spacial score (nSPS) is 10.7. The van der Waals surface area contributed by atoms with Gasteiger partial charge in [-0.25, -0.2) is 5.43 Å². The van der Waals surface area contributed by atoms with Crippen LogP contribution in [-0.4, -0.2) is 30.3 Å². The number of para-hydroxylation sites is 2. The molecule has 0 atom stereocenters. The van der Waals surface area contributed by atoms with Gasteiger partial charge >= 0.3 is 0 Å². The molecule has 0 saturated heterocycles. The summed E-state index contributed by atoms with van der Waals surface area (Å²) in [7, 11) is 0. The van der Waals surface area contributed by atoms with Gasteiger partial charge in [-0.2, -0.15) is 5.10 Å². The maximum atomic E-state index is 12.0. The Balaban J connectivity index is 1.47. The van der Waals surface area contributed by atoms with Crippen LogP contribution in [0.4, 0.5) is 0 Å². The molecule has 2 aromatic carbocycles. The molecule has 0 fully saturated rings. The summed E-state index contributed by atoms with van der Waals surface area (Å²) in [6, 6.07) is 18.7. The molecule has 0 aliphatic heterocycles. The second-order valence-electron chi connectivity index (χ2n) is 6.29. The van der Waals surface area contributed by atoms with Crippen LogP contribution in [0.25, 0.3) is 0 Å². The Hall–Kier alpha value is -3.67. The van der Waals surface area contributed by atoms with Crippen molar-refractivity contribution in [1.29, 1.82) is 0 Å². The third-order valence-corrected chi connectivity index (χ3v) is 4.13. The second-order valence-corrected chi connectivity index (χ2v) is 6.29. The van der Waals surface area contributed by atoms with Gasteiger partial charge in [-0.05, 0) is 42.8 Å². The number of hydrogen-bond acceptors (Lipinski definition) is 5. The first-order chi connectivity index (χ1) is 14.2. The van der Waals surface area contributed by atoms with Crippen molar-refractivity contribution in [2.45, 2.75) is 13.3 Å². The van der Waals surface area contributed by atoms with E-state index in [1.54, 1.807) is 30.7 Å². The molecule has 3 rings (SSSR count). The Morgan fingerprint density at radius 1 is 0.966 bits per heavy atom. The van der Waals surface area contributed by atoms with Crippen LogP contribution in [0.2, 0.25) is 0 Å². The summed E-state index contributed by atoms with van der Waals surface area (Å²) >= 11 is 0. The first-order valence-electron chi connectivity index (χ1n) is 9.38. The third-order valence-electron chi connectivity index (χ3n) is 4.13. The molecule has 3 aromatic rings. The van der Waals surface area contributed by atoms with Gasteiger partial charge < -0.3 is 9.47 Å². The highest BCUT2D eigenvalue weighted by atomic mass is 16.5. The first kappa shape index (κ1) is 20.1. The van der Waals surface area contributed by atoms with E-state index in [1.807, 2.05) is 55.5 Å². The van der Waals surface area contributed by atoms with Crippen molar-refractivity contribution in [1.82, 2.24) is 10.4 Å². The molecule has 6 heteroatoms. The van der Waals surface area contributed by atoms with E-state index in [0.717, 1.165) is 23.3 Å². The van der Waals surface area contributed by atoms with Crippen molar-refractivity contribution in [3.05, 3.63) is 89.7 Å². The molecule has 1 aromatic heterocycles. The van der Waals surface area contributed by atoms with E-state index in [-0.39, 0.29) is 5.91 Å². The lowest BCUT2D eigenvalue weighted by Crippen LogP contribution is -2.17. The molecule has 0 aliphatic carbocycles. The van der Waals surface area contributed by atoms with E-state index in [0.29, 0.717) is 24.5 Å². The van der Waals surface area contributed by atoms with E-state index in [9.17, 15) is 4.79 Å². The number of pyridine rings is 1. The van der Waals surface area contributed by atoms with E-state index in [4.69, 9.17) is 9.47 Å². The lowest BCUT2D eigenvalue weighted by atomic mass is 10.2. The van der Waals surface area contributed by atoms with Gasteiger partial charge in [0.2, 0.25) is 0 Å². The first-order valence-corrected chi connectivity index (χ1v) is 9.38. The summed E-state index contributed by atoms with van der Waals surface area (Å²) in [5, 5.41) is 4.02. The topological polar surface area (TPSA) is 72.8 Å². The molecule has 0 saturated carbocycles. The molecule has 0 radical (unpaired) electrons. The highest BCUT2D eigenvalue weighted by molar-refractivity contribution is 5.94. The Kier molecular flexibility index (Phi) is 7.34. The maximum Gasteiger partial charge on any atom is 0.271 e. The number of hydrogen-bond donors (Lipinski definition) is 1. The molecule has 1 amide bonds. The maximum absolute atomic E-state index is 12.0. The number of nitrogens with one attached hydrogen (secondary N) is 1. The average molecular weight is 389 g/mol. The third kappa shape index (κ3) is 6.17. The van der Waals surface area contributed by atoms with Crippen LogP contribution in [0, 0.1) is 6.92 Å². The summed E-state index contributed by atoms with van der Waals surface area (Å²) < 4.78 is 11.6. The molecular formula is C23H23N3O3. The van der Waals surface area contributed by atoms with E-state index in [1.165, 1.54) is 0 Å². The van der Waals surface area contributed by atoms with Crippen molar-refractivity contribution in [2.24, 2.45) is 5.10 Å². The largest absolute Gasteiger partial charge is 0.493 e. The minimum Gasteiger partial charge on any atom is -0.493 e. The summed E-state index contributed by atoms with van der Waals surface area (Å²) in [5.74, 6) is 1.30. The summed E-state index contributed by atoms with van der Waals surface area (Å²) in [6.07, 6.45) is 5.44. The number of amides is 1. The van der Waals surface area contributed by atoms with Gasteiger partial charge in [0.15, 0.2) is 0 Å². The zero-order valence-corrected chi connectivity index (χ0v) is 16.2. The van der Waals surface area contributed by atoms with Gasteiger partial charge in [0.25, 0.3) is 5.91 Å². The van der Waals surface area contributed by atoms with Crippen LogP contribution >= 0.6 is 0 Å². The number of rotatable bonds is 9. The standard InChI is InChI=1S/C23H23N3O3/c1-18-7-2-4-9-21(18)28-15-6-16-29-22-10-5-3-8-20(22)17-25-26-23(27)19-11-13-24-14-12-19/h2-5,7-14,17H,6,15-16H2,1H3,(H,26,27)/b25-17+. The lowest BCUT2D eigenvalue weighted by molar-refractivity contribution is 0.0955. The molecule has 0 aliphatic rings. The highest BCUT2D eigenvalue weighted by Gasteiger charge is 2.04. The Morgan fingerprint density at radius 3 is 2.38 bits per heavy atom. The number of ether oxygens (including phenoxy) is 2. The second kappa shape index (κ2) is 10.6.